The number of hydrogen-bond acceptors (Lipinski definition) is 4. The summed E-state index contributed by atoms with van der Waals surface area (Å²) >= 11 is 5.93. The van der Waals surface area contributed by atoms with E-state index in [9.17, 15) is 4.79 Å². The van der Waals surface area contributed by atoms with Crippen molar-refractivity contribution in [1.29, 1.82) is 0 Å². The third kappa shape index (κ3) is 3.67. The Balaban J connectivity index is 1.25. The molecule has 2 aromatic rings. The number of tetrazole rings is 1. The van der Waals surface area contributed by atoms with Crippen molar-refractivity contribution in [3.8, 4) is 11.4 Å². The fourth-order valence-electron chi connectivity index (χ4n) is 6.69. The van der Waals surface area contributed by atoms with Crippen LogP contribution in [0.25, 0.3) is 11.4 Å². The summed E-state index contributed by atoms with van der Waals surface area (Å²) in [5.41, 5.74) is 1.14. The summed E-state index contributed by atoms with van der Waals surface area (Å²) in [7, 11) is 0. The molecule has 0 spiro atoms. The van der Waals surface area contributed by atoms with Crippen molar-refractivity contribution in [1.82, 2.24) is 25.5 Å². The lowest BCUT2D eigenvalue weighted by Crippen LogP contribution is -2.57. The number of hydrogen-bond donors (Lipinski definition) is 1. The maximum absolute atomic E-state index is 12.8. The Labute approximate surface area is 176 Å². The first-order valence-corrected chi connectivity index (χ1v) is 11.2. The van der Waals surface area contributed by atoms with E-state index in [-0.39, 0.29) is 18.5 Å². The van der Waals surface area contributed by atoms with Crippen LogP contribution in [-0.2, 0) is 11.3 Å². The summed E-state index contributed by atoms with van der Waals surface area (Å²) in [4.78, 5) is 14.2. The van der Waals surface area contributed by atoms with Crippen LogP contribution in [0.3, 0.4) is 0 Å². The molecule has 0 aliphatic heterocycles. The molecule has 1 heterocycles. The van der Waals surface area contributed by atoms with Gasteiger partial charge >= 0.3 is 0 Å². The van der Waals surface area contributed by atoms with E-state index in [2.05, 4.69) is 27.7 Å². The lowest BCUT2D eigenvalue weighted by atomic mass is 9.47. The number of nitrogens with one attached hydrogen (secondary N) is 1. The Morgan fingerprint density at radius 3 is 2.38 bits per heavy atom. The van der Waals surface area contributed by atoms with E-state index in [0.717, 1.165) is 29.7 Å². The first kappa shape index (κ1) is 19.0. The smallest absolute Gasteiger partial charge is 0.243 e. The van der Waals surface area contributed by atoms with Crippen LogP contribution in [0.5, 0.6) is 0 Å². The minimum absolute atomic E-state index is 0.0207. The molecule has 6 rings (SSSR count). The highest BCUT2D eigenvalue weighted by Gasteiger charge is 2.54. The van der Waals surface area contributed by atoms with Gasteiger partial charge in [0.2, 0.25) is 11.7 Å². The van der Waals surface area contributed by atoms with Gasteiger partial charge in [-0.15, -0.1) is 10.2 Å². The van der Waals surface area contributed by atoms with Gasteiger partial charge in [0, 0.05) is 16.6 Å². The molecule has 4 fully saturated rings. The van der Waals surface area contributed by atoms with E-state index in [1.165, 1.54) is 43.3 Å². The highest BCUT2D eigenvalue weighted by molar-refractivity contribution is 6.30. The molecule has 1 N–H and O–H groups in total. The van der Waals surface area contributed by atoms with Gasteiger partial charge in [-0.1, -0.05) is 18.5 Å². The minimum Gasteiger partial charge on any atom is -0.351 e. The van der Waals surface area contributed by atoms with Gasteiger partial charge in [0.15, 0.2) is 0 Å². The minimum atomic E-state index is -0.0207. The van der Waals surface area contributed by atoms with Crippen molar-refractivity contribution in [2.45, 2.75) is 64.5 Å². The lowest BCUT2D eigenvalue weighted by molar-refractivity contribution is -0.127. The Bertz CT molecular complexity index is 858. The quantitative estimate of drug-likeness (QED) is 0.773. The van der Waals surface area contributed by atoms with Crippen LogP contribution < -0.4 is 5.32 Å². The fourth-order valence-corrected chi connectivity index (χ4v) is 6.81. The number of nitrogens with zero attached hydrogens (tertiary/aromatic N) is 4. The van der Waals surface area contributed by atoms with Gasteiger partial charge in [-0.05, 0) is 97.6 Å². The summed E-state index contributed by atoms with van der Waals surface area (Å²) in [5, 5.41) is 16.5. The van der Waals surface area contributed by atoms with Gasteiger partial charge < -0.3 is 5.32 Å². The molecule has 1 amide bonds. The average molecular weight is 414 g/mol. The fraction of sp³-hybridized carbons (Fsp3) is 0.636. The van der Waals surface area contributed by atoms with Gasteiger partial charge in [-0.25, -0.2) is 0 Å². The molecule has 154 valence electrons. The standard InChI is InChI=1S/C22H28ClN5O/c1-2-19(22-10-14-7-15(11-22)9-16(8-14)12-22)24-20(29)13-28-26-21(25-27-28)17-3-5-18(23)6-4-17/h3-6,14-16,19H,2,7-13H2,1H3,(H,24,29)/t14?,15?,16?,19-,22?/m1/s1. The molecule has 29 heavy (non-hydrogen) atoms. The molecule has 7 heteroatoms. The number of benzene rings is 1. The molecule has 4 aliphatic carbocycles. The van der Waals surface area contributed by atoms with Crippen LogP contribution in [-0.4, -0.2) is 32.2 Å². The summed E-state index contributed by atoms with van der Waals surface area (Å²) in [5.74, 6) is 3.12. The van der Waals surface area contributed by atoms with Crippen molar-refractivity contribution in [2.75, 3.05) is 0 Å². The maximum Gasteiger partial charge on any atom is 0.243 e. The van der Waals surface area contributed by atoms with E-state index in [4.69, 9.17) is 11.6 Å². The zero-order chi connectivity index (χ0) is 20.0. The second-order valence-electron chi connectivity index (χ2n) is 9.46. The summed E-state index contributed by atoms with van der Waals surface area (Å²) in [6.07, 6.45) is 9.11. The van der Waals surface area contributed by atoms with Crippen molar-refractivity contribution in [3.63, 3.8) is 0 Å². The molecule has 6 nitrogen and oxygen atoms in total. The van der Waals surface area contributed by atoms with Gasteiger partial charge in [-0.2, -0.15) is 4.80 Å². The monoisotopic (exact) mass is 413 g/mol. The average Bonchev–Trinajstić information content (AvgIpc) is 3.14. The Morgan fingerprint density at radius 1 is 1.17 bits per heavy atom. The molecule has 1 aromatic carbocycles. The van der Waals surface area contributed by atoms with Gasteiger partial charge in [0.1, 0.15) is 6.54 Å². The van der Waals surface area contributed by atoms with E-state index in [0.29, 0.717) is 16.3 Å². The van der Waals surface area contributed by atoms with Crippen LogP contribution >= 0.6 is 11.6 Å². The molecule has 1 aromatic heterocycles. The number of amides is 1. The second kappa shape index (κ2) is 7.38. The van der Waals surface area contributed by atoms with Crippen LogP contribution in [0.15, 0.2) is 24.3 Å². The highest BCUT2D eigenvalue weighted by Crippen LogP contribution is 2.61. The molecular weight excluding hydrogens is 386 g/mol. The Morgan fingerprint density at radius 2 is 1.79 bits per heavy atom. The molecule has 0 saturated heterocycles. The summed E-state index contributed by atoms with van der Waals surface area (Å²) < 4.78 is 0. The highest BCUT2D eigenvalue weighted by atomic mass is 35.5. The third-order valence-corrected chi connectivity index (χ3v) is 7.66. The molecule has 4 saturated carbocycles. The van der Waals surface area contributed by atoms with Crippen molar-refractivity contribution in [2.24, 2.45) is 23.2 Å². The molecule has 1 atom stereocenters. The van der Waals surface area contributed by atoms with Crippen molar-refractivity contribution in [3.05, 3.63) is 29.3 Å². The second-order valence-corrected chi connectivity index (χ2v) is 9.90. The van der Waals surface area contributed by atoms with E-state index >= 15 is 0 Å². The lowest BCUT2D eigenvalue weighted by Gasteiger charge is -2.59. The number of carbonyl (C=O) groups is 1. The molecule has 4 bridgehead atoms. The number of halogens is 1. The zero-order valence-electron chi connectivity index (χ0n) is 16.9. The number of aromatic nitrogens is 4. The van der Waals surface area contributed by atoms with Crippen LogP contribution in [0, 0.1) is 23.2 Å². The van der Waals surface area contributed by atoms with Crippen LogP contribution in [0.2, 0.25) is 5.02 Å². The Hall–Kier alpha value is -1.95. The maximum atomic E-state index is 12.8. The normalized spacial score (nSPS) is 31.0. The predicted molar refractivity (Wildman–Crippen MR) is 111 cm³/mol. The summed E-state index contributed by atoms with van der Waals surface area (Å²) in [6, 6.07) is 7.54. The number of rotatable bonds is 6. The molecule has 0 unspecified atom stereocenters. The predicted octanol–water partition coefficient (Wildman–Crippen LogP) is 4.10. The largest absolute Gasteiger partial charge is 0.351 e. The Kier molecular flexibility index (Phi) is 4.85. The third-order valence-electron chi connectivity index (χ3n) is 7.41. The zero-order valence-corrected chi connectivity index (χ0v) is 17.6. The van der Waals surface area contributed by atoms with Crippen LogP contribution in [0.4, 0.5) is 0 Å². The topological polar surface area (TPSA) is 72.7 Å². The van der Waals surface area contributed by atoms with E-state index in [1.807, 2.05) is 12.1 Å². The van der Waals surface area contributed by atoms with E-state index in [1.54, 1.807) is 12.1 Å². The van der Waals surface area contributed by atoms with Gasteiger partial charge in [0.25, 0.3) is 0 Å². The van der Waals surface area contributed by atoms with Crippen molar-refractivity contribution >= 4 is 17.5 Å². The first-order chi connectivity index (χ1) is 14.0. The summed E-state index contributed by atoms with van der Waals surface area (Å²) in [6.45, 7) is 2.30. The number of carbonyl (C=O) groups excluding carboxylic acids is 1. The SMILES string of the molecule is CC[C@@H](NC(=O)Cn1nnc(-c2ccc(Cl)cc2)n1)C12CC3CC(CC(C3)C1)C2. The van der Waals surface area contributed by atoms with Gasteiger partial charge in [-0.3, -0.25) is 4.79 Å². The molecular formula is C22H28ClN5O. The van der Waals surface area contributed by atoms with Gasteiger partial charge in [0.05, 0.1) is 0 Å². The van der Waals surface area contributed by atoms with Crippen LogP contribution in [0.1, 0.15) is 51.9 Å². The van der Waals surface area contributed by atoms with Crippen molar-refractivity contribution < 1.29 is 4.79 Å². The molecule has 0 radical (unpaired) electrons. The first-order valence-electron chi connectivity index (χ1n) is 10.9. The molecule has 4 aliphatic rings. The van der Waals surface area contributed by atoms with E-state index < -0.39 is 0 Å².